The molecule has 0 radical (unpaired) electrons. The number of piperidine rings is 1. The van der Waals surface area contributed by atoms with Gasteiger partial charge < -0.3 is 15.0 Å². The highest BCUT2D eigenvalue weighted by atomic mass is 32.1. The summed E-state index contributed by atoms with van der Waals surface area (Å²) in [6.07, 6.45) is 1.69. The predicted octanol–water partition coefficient (Wildman–Crippen LogP) is 3.34. The molecular weight excluding hydrogens is 372 g/mol. The van der Waals surface area contributed by atoms with E-state index in [0.717, 1.165) is 52.7 Å². The van der Waals surface area contributed by atoms with Gasteiger partial charge in [-0.25, -0.2) is 9.97 Å². The summed E-state index contributed by atoms with van der Waals surface area (Å²) in [5.74, 6) is 0.209. The molecule has 3 aromatic rings. The molecule has 1 N–H and O–H groups in total. The second kappa shape index (κ2) is 8.67. The number of methoxy groups -OCH3 is 1. The van der Waals surface area contributed by atoms with E-state index in [9.17, 15) is 4.79 Å². The van der Waals surface area contributed by atoms with Gasteiger partial charge in [0, 0.05) is 38.2 Å². The summed E-state index contributed by atoms with van der Waals surface area (Å²) in [6, 6.07) is 14.3. The van der Waals surface area contributed by atoms with Crippen LogP contribution < -0.4 is 10.2 Å². The molecule has 1 aliphatic heterocycles. The van der Waals surface area contributed by atoms with E-state index in [4.69, 9.17) is 14.7 Å². The predicted molar refractivity (Wildman–Crippen MR) is 113 cm³/mol. The highest BCUT2D eigenvalue weighted by molar-refractivity contribution is 7.21. The van der Waals surface area contributed by atoms with Crippen molar-refractivity contribution in [3.8, 4) is 11.3 Å². The van der Waals surface area contributed by atoms with E-state index in [1.165, 1.54) is 0 Å². The van der Waals surface area contributed by atoms with Gasteiger partial charge in [0.15, 0.2) is 5.13 Å². The molecule has 1 aliphatic rings. The Morgan fingerprint density at radius 3 is 2.71 bits per heavy atom. The molecule has 7 heteroatoms. The van der Waals surface area contributed by atoms with Crippen LogP contribution in [0.4, 0.5) is 5.13 Å². The number of nitrogens with one attached hydrogen (secondary N) is 1. The zero-order chi connectivity index (χ0) is 19.3. The SMILES string of the molecule is COCCNC(=O)C1CCN(c2nc3ccc(-c4ccccc4)nc3s2)CC1. The Balaban J connectivity index is 1.42. The van der Waals surface area contributed by atoms with Crippen LogP contribution in [0.5, 0.6) is 0 Å². The van der Waals surface area contributed by atoms with E-state index in [1.807, 2.05) is 30.3 Å². The highest BCUT2D eigenvalue weighted by Gasteiger charge is 2.26. The van der Waals surface area contributed by atoms with Crippen molar-refractivity contribution in [2.75, 3.05) is 38.3 Å². The molecular formula is C21H24N4O2S. The molecule has 0 atom stereocenters. The van der Waals surface area contributed by atoms with Crippen molar-refractivity contribution in [3.05, 3.63) is 42.5 Å². The zero-order valence-corrected chi connectivity index (χ0v) is 16.7. The first-order chi connectivity index (χ1) is 13.7. The van der Waals surface area contributed by atoms with Gasteiger partial charge in [0.25, 0.3) is 0 Å². The quantitative estimate of drug-likeness (QED) is 0.648. The molecule has 4 rings (SSSR count). The van der Waals surface area contributed by atoms with Gasteiger partial charge in [-0.15, -0.1) is 0 Å². The lowest BCUT2D eigenvalue weighted by Gasteiger charge is -2.30. The third-order valence-corrected chi connectivity index (χ3v) is 6.08. The monoisotopic (exact) mass is 396 g/mol. The van der Waals surface area contributed by atoms with Gasteiger partial charge >= 0.3 is 0 Å². The highest BCUT2D eigenvalue weighted by Crippen LogP contribution is 2.32. The number of rotatable bonds is 6. The number of hydrogen-bond acceptors (Lipinski definition) is 6. The van der Waals surface area contributed by atoms with Crippen molar-refractivity contribution >= 4 is 32.7 Å². The largest absolute Gasteiger partial charge is 0.383 e. The average Bonchev–Trinajstić information content (AvgIpc) is 3.18. The van der Waals surface area contributed by atoms with E-state index in [-0.39, 0.29) is 11.8 Å². The molecule has 1 fully saturated rings. The van der Waals surface area contributed by atoms with Crippen molar-refractivity contribution in [2.45, 2.75) is 12.8 Å². The first-order valence-electron chi connectivity index (χ1n) is 9.59. The van der Waals surface area contributed by atoms with Gasteiger partial charge in [-0.05, 0) is 25.0 Å². The average molecular weight is 397 g/mol. The van der Waals surface area contributed by atoms with E-state index in [1.54, 1.807) is 18.4 Å². The van der Waals surface area contributed by atoms with Crippen LogP contribution in [-0.4, -0.2) is 49.2 Å². The van der Waals surface area contributed by atoms with Gasteiger partial charge in [-0.3, -0.25) is 4.79 Å². The number of hydrogen-bond donors (Lipinski definition) is 1. The van der Waals surface area contributed by atoms with Crippen LogP contribution in [-0.2, 0) is 9.53 Å². The summed E-state index contributed by atoms with van der Waals surface area (Å²) in [6.45, 7) is 2.80. The third kappa shape index (κ3) is 4.15. The van der Waals surface area contributed by atoms with E-state index in [0.29, 0.717) is 13.2 Å². The molecule has 3 heterocycles. The Morgan fingerprint density at radius 1 is 1.18 bits per heavy atom. The van der Waals surface area contributed by atoms with Crippen LogP contribution in [0.25, 0.3) is 21.6 Å². The lowest BCUT2D eigenvalue weighted by Crippen LogP contribution is -2.41. The standard InChI is InChI=1S/C21H24N4O2S/c1-27-14-11-22-19(26)16-9-12-25(13-10-16)21-24-18-8-7-17(23-20(18)28-21)15-5-3-2-4-6-15/h2-8,16H,9-14H2,1H3,(H,22,26). The topological polar surface area (TPSA) is 67.3 Å². The van der Waals surface area contributed by atoms with Gasteiger partial charge in [0.2, 0.25) is 5.91 Å². The molecule has 0 aliphatic carbocycles. The summed E-state index contributed by atoms with van der Waals surface area (Å²) < 4.78 is 4.98. The summed E-state index contributed by atoms with van der Waals surface area (Å²) in [7, 11) is 1.64. The Morgan fingerprint density at radius 2 is 1.96 bits per heavy atom. The van der Waals surface area contributed by atoms with Crippen molar-refractivity contribution in [3.63, 3.8) is 0 Å². The fraction of sp³-hybridized carbons (Fsp3) is 0.381. The lowest BCUT2D eigenvalue weighted by atomic mass is 9.96. The number of amides is 1. The Hall–Kier alpha value is -2.51. The Labute approximate surface area is 168 Å². The van der Waals surface area contributed by atoms with Crippen LogP contribution in [0.2, 0.25) is 0 Å². The maximum atomic E-state index is 12.2. The summed E-state index contributed by atoms with van der Waals surface area (Å²) in [5.41, 5.74) is 3.01. The van der Waals surface area contributed by atoms with E-state index in [2.05, 4.69) is 22.3 Å². The number of pyridine rings is 1. The number of ether oxygens (including phenoxy) is 1. The van der Waals surface area contributed by atoms with Crippen LogP contribution in [0.3, 0.4) is 0 Å². The van der Waals surface area contributed by atoms with Crippen molar-refractivity contribution in [2.24, 2.45) is 5.92 Å². The van der Waals surface area contributed by atoms with E-state index >= 15 is 0 Å². The maximum absolute atomic E-state index is 12.2. The summed E-state index contributed by atoms with van der Waals surface area (Å²) >= 11 is 1.63. The van der Waals surface area contributed by atoms with Crippen LogP contribution in [0, 0.1) is 5.92 Å². The van der Waals surface area contributed by atoms with E-state index < -0.39 is 0 Å². The second-order valence-electron chi connectivity index (χ2n) is 6.93. The zero-order valence-electron chi connectivity index (χ0n) is 15.9. The van der Waals surface area contributed by atoms with Crippen molar-refractivity contribution in [1.82, 2.24) is 15.3 Å². The Kier molecular flexibility index (Phi) is 5.83. The summed E-state index contributed by atoms with van der Waals surface area (Å²) in [4.78, 5) is 25.0. The van der Waals surface area contributed by atoms with Gasteiger partial charge in [0.05, 0.1) is 12.3 Å². The number of carbonyl (C=O) groups is 1. The number of thiazole rings is 1. The molecule has 28 heavy (non-hydrogen) atoms. The number of aromatic nitrogens is 2. The van der Waals surface area contributed by atoms with Gasteiger partial charge in [-0.1, -0.05) is 41.7 Å². The maximum Gasteiger partial charge on any atom is 0.223 e. The first-order valence-corrected chi connectivity index (χ1v) is 10.4. The molecule has 1 aromatic carbocycles. The molecule has 146 valence electrons. The molecule has 1 saturated heterocycles. The minimum absolute atomic E-state index is 0.0743. The first kappa shape index (κ1) is 18.8. The Bertz CT molecular complexity index is 936. The fourth-order valence-corrected chi connectivity index (χ4v) is 4.46. The van der Waals surface area contributed by atoms with Gasteiger partial charge in [0.1, 0.15) is 10.3 Å². The normalized spacial score (nSPS) is 15.1. The molecule has 0 spiro atoms. The van der Waals surface area contributed by atoms with Crippen molar-refractivity contribution in [1.29, 1.82) is 0 Å². The van der Waals surface area contributed by atoms with Gasteiger partial charge in [-0.2, -0.15) is 0 Å². The molecule has 0 unspecified atom stereocenters. The number of nitrogens with zero attached hydrogens (tertiary/aromatic N) is 3. The molecule has 1 amide bonds. The third-order valence-electron chi connectivity index (χ3n) is 5.06. The van der Waals surface area contributed by atoms with Crippen LogP contribution in [0.15, 0.2) is 42.5 Å². The molecule has 0 saturated carbocycles. The minimum atomic E-state index is 0.0743. The lowest BCUT2D eigenvalue weighted by molar-refractivity contribution is -0.125. The number of anilines is 1. The smallest absolute Gasteiger partial charge is 0.223 e. The number of fused-ring (bicyclic) bond motifs is 1. The second-order valence-corrected chi connectivity index (χ2v) is 7.88. The molecule has 0 bridgehead atoms. The van der Waals surface area contributed by atoms with Crippen LogP contribution >= 0.6 is 11.3 Å². The van der Waals surface area contributed by atoms with Crippen LogP contribution in [0.1, 0.15) is 12.8 Å². The fourth-order valence-electron chi connectivity index (χ4n) is 3.46. The minimum Gasteiger partial charge on any atom is -0.383 e. The molecule has 2 aromatic heterocycles. The number of benzene rings is 1. The molecule has 6 nitrogen and oxygen atoms in total. The number of carbonyl (C=O) groups excluding carboxylic acids is 1. The summed E-state index contributed by atoms with van der Waals surface area (Å²) in [5, 5.41) is 3.94. The van der Waals surface area contributed by atoms with Crippen molar-refractivity contribution < 1.29 is 9.53 Å².